The van der Waals surface area contributed by atoms with Gasteiger partial charge in [-0.25, -0.2) is 9.78 Å². The van der Waals surface area contributed by atoms with Gasteiger partial charge in [-0.3, -0.25) is 4.98 Å². The van der Waals surface area contributed by atoms with Gasteiger partial charge in [0.2, 0.25) is 0 Å². The molecule has 1 saturated heterocycles. The monoisotopic (exact) mass is 411 g/mol. The number of likely N-dealkylation sites (tertiary alicyclic amines) is 1. The third kappa shape index (κ3) is 3.77. The largest absolute Gasteiger partial charge is 0.325 e. The Morgan fingerprint density at radius 1 is 0.935 bits per heavy atom. The fourth-order valence-corrected chi connectivity index (χ4v) is 4.21. The number of amides is 2. The highest BCUT2D eigenvalue weighted by atomic mass is 16.2. The zero-order valence-electron chi connectivity index (χ0n) is 17.6. The SMILES string of the molecule is CN(Cn1c(-c2ccc(-c3ccccc3)cc2)nc2cnccc21)C(=O)N1CCCC1. The van der Waals surface area contributed by atoms with E-state index in [0.29, 0.717) is 6.67 Å². The van der Waals surface area contributed by atoms with Crippen LogP contribution in [0.4, 0.5) is 4.79 Å². The van der Waals surface area contributed by atoms with Crippen LogP contribution in [0.1, 0.15) is 12.8 Å². The summed E-state index contributed by atoms with van der Waals surface area (Å²) in [4.78, 5) is 25.6. The van der Waals surface area contributed by atoms with E-state index in [0.717, 1.165) is 53.9 Å². The van der Waals surface area contributed by atoms with Crippen LogP contribution in [0.2, 0.25) is 0 Å². The molecule has 0 N–H and O–H groups in total. The fraction of sp³-hybridized carbons (Fsp3) is 0.240. The second-order valence-electron chi connectivity index (χ2n) is 7.99. The van der Waals surface area contributed by atoms with Crippen molar-refractivity contribution < 1.29 is 4.79 Å². The number of hydrogen-bond acceptors (Lipinski definition) is 3. The highest BCUT2D eigenvalue weighted by Gasteiger charge is 2.23. The molecule has 2 aromatic heterocycles. The first-order valence-corrected chi connectivity index (χ1v) is 10.7. The first kappa shape index (κ1) is 19.3. The zero-order chi connectivity index (χ0) is 21.2. The Morgan fingerprint density at radius 3 is 2.35 bits per heavy atom. The second kappa shape index (κ2) is 8.22. The van der Waals surface area contributed by atoms with Crippen LogP contribution in [0, 0.1) is 0 Å². The van der Waals surface area contributed by atoms with Crippen molar-refractivity contribution in [2.75, 3.05) is 20.1 Å². The number of carbonyl (C=O) groups excluding carboxylic acids is 1. The molecule has 0 bridgehead atoms. The Balaban J connectivity index is 1.49. The van der Waals surface area contributed by atoms with Gasteiger partial charge in [0.05, 0.1) is 11.7 Å². The first-order chi connectivity index (χ1) is 15.2. The van der Waals surface area contributed by atoms with Gasteiger partial charge < -0.3 is 14.4 Å². The van der Waals surface area contributed by atoms with Gasteiger partial charge in [0.15, 0.2) is 0 Å². The molecule has 4 aromatic rings. The molecule has 0 radical (unpaired) electrons. The summed E-state index contributed by atoms with van der Waals surface area (Å²) in [6, 6.07) is 20.8. The average Bonchev–Trinajstić information content (AvgIpc) is 3.48. The van der Waals surface area contributed by atoms with Crippen molar-refractivity contribution in [2.45, 2.75) is 19.5 Å². The van der Waals surface area contributed by atoms with Crippen molar-refractivity contribution in [1.29, 1.82) is 0 Å². The van der Waals surface area contributed by atoms with Crippen LogP contribution < -0.4 is 0 Å². The van der Waals surface area contributed by atoms with Gasteiger partial charge in [0, 0.05) is 31.9 Å². The molecule has 2 amide bonds. The van der Waals surface area contributed by atoms with E-state index in [9.17, 15) is 4.79 Å². The lowest BCUT2D eigenvalue weighted by molar-refractivity contribution is 0.162. The molecule has 0 unspecified atom stereocenters. The van der Waals surface area contributed by atoms with Crippen LogP contribution in [-0.4, -0.2) is 50.5 Å². The number of rotatable bonds is 4. The predicted molar refractivity (Wildman–Crippen MR) is 122 cm³/mol. The number of imidazole rings is 1. The molecule has 156 valence electrons. The quantitative estimate of drug-likeness (QED) is 0.481. The maximum absolute atomic E-state index is 12.9. The van der Waals surface area contributed by atoms with E-state index < -0.39 is 0 Å². The Morgan fingerprint density at radius 2 is 1.61 bits per heavy atom. The Labute approximate surface area is 181 Å². The molecule has 0 saturated carbocycles. The third-order valence-electron chi connectivity index (χ3n) is 5.86. The molecule has 6 nitrogen and oxygen atoms in total. The maximum Gasteiger partial charge on any atom is 0.321 e. The van der Waals surface area contributed by atoms with Gasteiger partial charge in [0.25, 0.3) is 0 Å². The van der Waals surface area contributed by atoms with Crippen molar-refractivity contribution in [3.63, 3.8) is 0 Å². The lowest BCUT2D eigenvalue weighted by Gasteiger charge is -2.25. The molecule has 31 heavy (non-hydrogen) atoms. The van der Waals surface area contributed by atoms with Crippen LogP contribution in [0.3, 0.4) is 0 Å². The standard InChI is InChI=1S/C25H25N5O/c1-28(25(31)29-15-5-6-16-29)18-30-23-13-14-26-17-22(23)27-24(30)21-11-9-20(10-12-21)19-7-3-2-4-8-19/h2-4,7-14,17H,5-6,15-16,18H2,1H3. The fourth-order valence-electron chi connectivity index (χ4n) is 4.21. The summed E-state index contributed by atoms with van der Waals surface area (Å²) < 4.78 is 2.10. The number of pyridine rings is 1. The first-order valence-electron chi connectivity index (χ1n) is 10.7. The summed E-state index contributed by atoms with van der Waals surface area (Å²) in [5, 5.41) is 0. The lowest BCUT2D eigenvalue weighted by atomic mass is 10.0. The van der Waals surface area contributed by atoms with Gasteiger partial charge in [-0.15, -0.1) is 0 Å². The number of benzene rings is 2. The number of nitrogens with zero attached hydrogens (tertiary/aromatic N) is 5. The van der Waals surface area contributed by atoms with Gasteiger partial charge >= 0.3 is 6.03 Å². The number of aromatic nitrogens is 3. The summed E-state index contributed by atoms with van der Waals surface area (Å²) >= 11 is 0. The van der Waals surface area contributed by atoms with E-state index in [1.165, 1.54) is 5.56 Å². The summed E-state index contributed by atoms with van der Waals surface area (Å²) in [7, 11) is 1.86. The molecule has 0 spiro atoms. The number of hydrogen-bond donors (Lipinski definition) is 0. The van der Waals surface area contributed by atoms with Crippen LogP contribution >= 0.6 is 0 Å². The molecule has 1 fully saturated rings. The summed E-state index contributed by atoms with van der Waals surface area (Å²) in [6.07, 6.45) is 5.71. The molecular weight excluding hydrogens is 386 g/mol. The highest BCUT2D eigenvalue weighted by Crippen LogP contribution is 2.28. The number of fused-ring (bicyclic) bond motifs is 1. The second-order valence-corrected chi connectivity index (χ2v) is 7.99. The molecule has 0 aliphatic carbocycles. The predicted octanol–water partition coefficient (Wildman–Crippen LogP) is 4.87. The van der Waals surface area contributed by atoms with Crippen molar-refractivity contribution in [1.82, 2.24) is 24.3 Å². The third-order valence-corrected chi connectivity index (χ3v) is 5.86. The van der Waals surface area contributed by atoms with Gasteiger partial charge in [-0.2, -0.15) is 0 Å². The topological polar surface area (TPSA) is 54.3 Å². The minimum Gasteiger partial charge on any atom is -0.325 e. The molecule has 1 aliphatic heterocycles. The highest BCUT2D eigenvalue weighted by molar-refractivity contribution is 5.81. The molecule has 3 heterocycles. The molecule has 5 rings (SSSR count). The summed E-state index contributed by atoms with van der Waals surface area (Å²) in [6.45, 7) is 2.11. The lowest BCUT2D eigenvalue weighted by Crippen LogP contribution is -2.40. The Kier molecular flexibility index (Phi) is 5.12. The van der Waals surface area contributed by atoms with Crippen molar-refractivity contribution >= 4 is 17.1 Å². The van der Waals surface area contributed by atoms with Gasteiger partial charge in [-0.05, 0) is 30.0 Å². The molecule has 0 atom stereocenters. The van der Waals surface area contributed by atoms with Crippen molar-refractivity contribution in [3.05, 3.63) is 73.1 Å². The van der Waals surface area contributed by atoms with Gasteiger partial charge in [0.1, 0.15) is 18.0 Å². The molecular formula is C25H25N5O. The average molecular weight is 412 g/mol. The summed E-state index contributed by atoms with van der Waals surface area (Å²) in [5.41, 5.74) is 5.15. The van der Waals surface area contributed by atoms with Crippen molar-refractivity contribution in [3.8, 4) is 22.5 Å². The maximum atomic E-state index is 12.9. The zero-order valence-corrected chi connectivity index (χ0v) is 17.6. The summed E-state index contributed by atoms with van der Waals surface area (Å²) in [5.74, 6) is 0.837. The van der Waals surface area contributed by atoms with Crippen molar-refractivity contribution in [2.24, 2.45) is 0 Å². The minimum absolute atomic E-state index is 0.0683. The van der Waals surface area contributed by atoms with Crippen LogP contribution in [-0.2, 0) is 6.67 Å². The minimum atomic E-state index is 0.0683. The molecule has 2 aromatic carbocycles. The van der Waals surface area contributed by atoms with E-state index >= 15 is 0 Å². The smallest absolute Gasteiger partial charge is 0.321 e. The Hall–Kier alpha value is -3.67. The normalized spacial score (nSPS) is 13.6. The van der Waals surface area contributed by atoms with Crippen LogP contribution in [0.5, 0.6) is 0 Å². The van der Waals surface area contributed by atoms with E-state index in [4.69, 9.17) is 4.98 Å². The number of carbonyl (C=O) groups is 1. The van der Waals surface area contributed by atoms with Crippen LogP contribution in [0.25, 0.3) is 33.5 Å². The van der Waals surface area contributed by atoms with E-state index in [1.54, 1.807) is 17.3 Å². The number of urea groups is 1. The molecule has 1 aliphatic rings. The van der Waals surface area contributed by atoms with Crippen LogP contribution in [0.15, 0.2) is 73.1 Å². The Bertz CT molecular complexity index is 1190. The van der Waals surface area contributed by atoms with E-state index in [1.807, 2.05) is 36.2 Å². The van der Waals surface area contributed by atoms with E-state index in [-0.39, 0.29) is 6.03 Å². The molecule has 6 heteroatoms. The van der Waals surface area contributed by atoms with Gasteiger partial charge in [-0.1, -0.05) is 54.6 Å². The van der Waals surface area contributed by atoms with E-state index in [2.05, 4.69) is 45.9 Å².